The summed E-state index contributed by atoms with van der Waals surface area (Å²) in [6, 6.07) is 2.14. The molecule has 2 N–H and O–H groups in total. The number of benzene rings is 1. The molecule has 1 aromatic carbocycles. The number of aromatic nitrogens is 2. The van der Waals surface area contributed by atoms with Gasteiger partial charge in [-0.25, -0.2) is 8.78 Å². The second-order valence-electron chi connectivity index (χ2n) is 8.70. The van der Waals surface area contributed by atoms with Gasteiger partial charge >= 0.3 is 0 Å². The smallest absolute Gasteiger partial charge is 0.248 e. The van der Waals surface area contributed by atoms with Gasteiger partial charge in [-0.2, -0.15) is 0 Å². The second kappa shape index (κ2) is 11.4. The Labute approximate surface area is 191 Å². The van der Waals surface area contributed by atoms with Gasteiger partial charge in [-0.1, -0.05) is 38.5 Å². The van der Waals surface area contributed by atoms with Crippen LogP contribution >= 0.6 is 11.3 Å². The number of nitrogens with one attached hydrogen (secondary N) is 2. The molecule has 2 rings (SSSR count). The van der Waals surface area contributed by atoms with Crippen molar-refractivity contribution < 1.29 is 18.4 Å². The van der Waals surface area contributed by atoms with E-state index in [1.807, 2.05) is 21.0 Å². The molecule has 0 aliphatic heterocycles. The first kappa shape index (κ1) is 25.8. The average molecular weight is 468 g/mol. The number of amides is 2. The van der Waals surface area contributed by atoms with Gasteiger partial charge in [-0.05, 0) is 51.2 Å². The van der Waals surface area contributed by atoms with Gasteiger partial charge < -0.3 is 10.2 Å². The van der Waals surface area contributed by atoms with E-state index in [1.165, 1.54) is 11.3 Å². The van der Waals surface area contributed by atoms with E-state index in [1.54, 1.807) is 0 Å². The Kier molecular flexibility index (Phi) is 9.21. The third-order valence-electron chi connectivity index (χ3n) is 4.93. The molecule has 0 spiro atoms. The predicted molar refractivity (Wildman–Crippen MR) is 122 cm³/mol. The summed E-state index contributed by atoms with van der Waals surface area (Å²) in [4.78, 5) is 27.2. The highest BCUT2D eigenvalue weighted by molar-refractivity contribution is 7.15. The van der Waals surface area contributed by atoms with Crippen molar-refractivity contribution in [2.75, 3.05) is 26.0 Å². The molecular formula is C22H31F2N5O2S. The van der Waals surface area contributed by atoms with Crippen molar-refractivity contribution >= 4 is 28.3 Å². The standard InChI is InChI=1S/C22H31F2N5O2S/c1-6-7-17(25-18(30)12-14-10-15(23)13-16(24)11-14)19(31)26-21-28-27-20(32-21)22(2,3)8-9-29(4)5/h10-11,13,17H,6-9,12H2,1-5H3,(H,25,30)(H,26,28,31). The van der Waals surface area contributed by atoms with Crippen LogP contribution in [0.4, 0.5) is 13.9 Å². The molecule has 1 unspecified atom stereocenters. The fourth-order valence-electron chi connectivity index (χ4n) is 3.05. The van der Waals surface area contributed by atoms with Crippen LogP contribution in [-0.4, -0.2) is 53.6 Å². The molecular weight excluding hydrogens is 436 g/mol. The molecule has 1 heterocycles. The minimum Gasteiger partial charge on any atom is -0.344 e. The molecule has 0 aliphatic carbocycles. The van der Waals surface area contributed by atoms with Crippen LogP contribution in [-0.2, 0) is 21.4 Å². The SMILES string of the molecule is CCCC(NC(=O)Cc1cc(F)cc(F)c1)C(=O)Nc1nnc(C(C)(C)CCN(C)C)s1. The topological polar surface area (TPSA) is 87.2 Å². The van der Waals surface area contributed by atoms with Crippen LogP contribution < -0.4 is 10.6 Å². The Morgan fingerprint density at radius 1 is 1.16 bits per heavy atom. The molecule has 32 heavy (non-hydrogen) atoms. The summed E-state index contributed by atoms with van der Waals surface area (Å²) >= 11 is 1.31. The summed E-state index contributed by atoms with van der Waals surface area (Å²) in [7, 11) is 4.02. The van der Waals surface area contributed by atoms with Crippen LogP contribution in [0.3, 0.4) is 0 Å². The average Bonchev–Trinajstić information content (AvgIpc) is 3.14. The molecule has 1 aromatic heterocycles. The number of halogens is 2. The van der Waals surface area contributed by atoms with Crippen LogP contribution in [0.25, 0.3) is 0 Å². The van der Waals surface area contributed by atoms with Crippen LogP contribution in [0.15, 0.2) is 18.2 Å². The molecule has 176 valence electrons. The summed E-state index contributed by atoms with van der Waals surface area (Å²) in [6.45, 7) is 6.95. The summed E-state index contributed by atoms with van der Waals surface area (Å²) in [5.41, 5.74) is 0.00622. The molecule has 2 amide bonds. The zero-order valence-electron chi connectivity index (χ0n) is 19.2. The number of nitrogens with zero attached hydrogens (tertiary/aromatic N) is 3. The molecule has 10 heteroatoms. The first-order chi connectivity index (χ1) is 15.0. The summed E-state index contributed by atoms with van der Waals surface area (Å²) < 4.78 is 26.7. The maximum absolute atomic E-state index is 13.4. The summed E-state index contributed by atoms with van der Waals surface area (Å²) in [5.74, 6) is -2.40. The highest BCUT2D eigenvalue weighted by atomic mass is 32.1. The van der Waals surface area contributed by atoms with E-state index >= 15 is 0 Å². The van der Waals surface area contributed by atoms with Gasteiger partial charge in [-0.3, -0.25) is 14.9 Å². The molecule has 0 saturated carbocycles. The van der Waals surface area contributed by atoms with Gasteiger partial charge in [-0.15, -0.1) is 10.2 Å². The van der Waals surface area contributed by atoms with Gasteiger partial charge in [0.05, 0.1) is 6.42 Å². The molecule has 0 radical (unpaired) electrons. The monoisotopic (exact) mass is 467 g/mol. The lowest BCUT2D eigenvalue weighted by Gasteiger charge is -2.23. The number of carbonyl (C=O) groups is 2. The van der Waals surface area contributed by atoms with E-state index < -0.39 is 29.5 Å². The van der Waals surface area contributed by atoms with Crippen LogP contribution in [0.1, 0.15) is 50.6 Å². The van der Waals surface area contributed by atoms with E-state index in [0.717, 1.165) is 36.2 Å². The minimum atomic E-state index is -0.792. The lowest BCUT2D eigenvalue weighted by molar-refractivity contribution is -0.126. The molecule has 0 bridgehead atoms. The third kappa shape index (κ3) is 7.90. The van der Waals surface area contributed by atoms with Crippen molar-refractivity contribution in [1.82, 2.24) is 20.4 Å². The first-order valence-corrected chi connectivity index (χ1v) is 11.4. The number of carbonyl (C=O) groups excluding carboxylic acids is 2. The van der Waals surface area contributed by atoms with Gasteiger partial charge in [0.1, 0.15) is 22.7 Å². The normalized spacial score (nSPS) is 12.6. The Bertz CT molecular complexity index is 913. The Hall–Kier alpha value is -2.46. The number of rotatable bonds is 11. The van der Waals surface area contributed by atoms with Gasteiger partial charge in [0.2, 0.25) is 16.9 Å². The van der Waals surface area contributed by atoms with Gasteiger partial charge in [0.15, 0.2) is 0 Å². The maximum atomic E-state index is 13.4. The Balaban J connectivity index is 2.01. The minimum absolute atomic E-state index is 0.192. The highest BCUT2D eigenvalue weighted by Crippen LogP contribution is 2.31. The predicted octanol–water partition coefficient (Wildman–Crippen LogP) is 3.51. The lowest BCUT2D eigenvalue weighted by atomic mass is 9.90. The molecule has 0 aliphatic rings. The number of anilines is 1. The first-order valence-electron chi connectivity index (χ1n) is 10.5. The van der Waals surface area contributed by atoms with Crippen molar-refractivity contribution in [1.29, 1.82) is 0 Å². The van der Waals surface area contributed by atoms with E-state index in [0.29, 0.717) is 18.0 Å². The fourth-order valence-corrected chi connectivity index (χ4v) is 3.93. The van der Waals surface area contributed by atoms with Crippen molar-refractivity contribution in [3.63, 3.8) is 0 Å². The van der Waals surface area contributed by atoms with E-state index in [-0.39, 0.29) is 17.4 Å². The molecule has 7 nitrogen and oxygen atoms in total. The second-order valence-corrected chi connectivity index (χ2v) is 9.68. The summed E-state index contributed by atoms with van der Waals surface area (Å²) in [5, 5.41) is 14.9. The Morgan fingerprint density at radius 3 is 2.41 bits per heavy atom. The zero-order chi connectivity index (χ0) is 23.9. The zero-order valence-corrected chi connectivity index (χ0v) is 20.0. The van der Waals surface area contributed by atoms with Crippen LogP contribution in [0.2, 0.25) is 0 Å². The highest BCUT2D eigenvalue weighted by Gasteiger charge is 2.27. The van der Waals surface area contributed by atoms with Crippen LogP contribution in [0, 0.1) is 11.6 Å². The number of hydrogen-bond donors (Lipinski definition) is 2. The van der Waals surface area contributed by atoms with Crippen molar-refractivity contribution in [2.24, 2.45) is 0 Å². The van der Waals surface area contributed by atoms with Gasteiger partial charge in [0.25, 0.3) is 0 Å². The fraction of sp³-hybridized carbons (Fsp3) is 0.545. The molecule has 0 saturated heterocycles. The Morgan fingerprint density at radius 2 is 1.81 bits per heavy atom. The maximum Gasteiger partial charge on any atom is 0.248 e. The van der Waals surface area contributed by atoms with Gasteiger partial charge in [0, 0.05) is 11.5 Å². The van der Waals surface area contributed by atoms with E-state index in [9.17, 15) is 18.4 Å². The third-order valence-corrected chi connectivity index (χ3v) is 6.14. The van der Waals surface area contributed by atoms with E-state index in [4.69, 9.17) is 0 Å². The van der Waals surface area contributed by atoms with Crippen LogP contribution in [0.5, 0.6) is 0 Å². The number of hydrogen-bond acceptors (Lipinski definition) is 6. The molecule has 2 aromatic rings. The summed E-state index contributed by atoms with van der Waals surface area (Å²) in [6.07, 6.45) is 1.73. The van der Waals surface area contributed by atoms with Crippen molar-refractivity contribution in [2.45, 2.75) is 57.9 Å². The van der Waals surface area contributed by atoms with Crippen molar-refractivity contribution in [3.05, 3.63) is 40.4 Å². The molecule has 1 atom stereocenters. The lowest BCUT2D eigenvalue weighted by Crippen LogP contribution is -2.44. The quantitative estimate of drug-likeness (QED) is 0.528. The molecule has 0 fully saturated rings. The van der Waals surface area contributed by atoms with E-state index in [2.05, 4.69) is 39.6 Å². The largest absolute Gasteiger partial charge is 0.344 e. The van der Waals surface area contributed by atoms with Crippen molar-refractivity contribution in [3.8, 4) is 0 Å².